The van der Waals surface area contributed by atoms with Gasteiger partial charge in [0, 0.05) is 11.3 Å². The zero-order valence-electron chi connectivity index (χ0n) is 8.95. The van der Waals surface area contributed by atoms with Gasteiger partial charge in [-0.25, -0.2) is 0 Å². The fourth-order valence-electron chi connectivity index (χ4n) is 1.91. The average Bonchev–Trinajstić information content (AvgIpc) is 2.53. The van der Waals surface area contributed by atoms with Gasteiger partial charge in [-0.05, 0) is 31.9 Å². The highest BCUT2D eigenvalue weighted by atomic mass is 32.2. The first-order chi connectivity index (χ1) is 6.63. The minimum Gasteiger partial charge on any atom is -0.368 e. The van der Waals surface area contributed by atoms with Crippen molar-refractivity contribution in [3.05, 3.63) is 0 Å². The van der Waals surface area contributed by atoms with E-state index in [1.807, 2.05) is 18.7 Å². The number of thioether (sulfide) groups is 1. The molecule has 1 fully saturated rings. The minimum absolute atomic E-state index is 0.189. The summed E-state index contributed by atoms with van der Waals surface area (Å²) in [5, 5.41) is 4.05. The van der Waals surface area contributed by atoms with Gasteiger partial charge in [-0.3, -0.25) is 4.79 Å². The second-order valence-corrected chi connectivity index (χ2v) is 5.46. The van der Waals surface area contributed by atoms with Crippen LogP contribution in [0.25, 0.3) is 0 Å². The van der Waals surface area contributed by atoms with Crippen molar-refractivity contribution >= 4 is 17.7 Å². The van der Waals surface area contributed by atoms with Crippen LogP contribution in [-0.2, 0) is 4.79 Å². The molecular weight excluding hydrogens is 196 g/mol. The highest BCUT2D eigenvalue weighted by molar-refractivity contribution is 7.99. The number of amides is 1. The lowest BCUT2D eigenvalue weighted by molar-refractivity contribution is -0.119. The standard InChI is InChI=1S/C10H20N2OS/c1-3-14-9-5-4-8(6-9)12-7(2)10(11)13/h7-9,12H,3-6H2,1-2H3,(H2,11,13). The number of carbonyl (C=O) groups excluding carboxylic acids is 1. The van der Waals surface area contributed by atoms with Gasteiger partial charge >= 0.3 is 0 Å². The lowest BCUT2D eigenvalue weighted by Crippen LogP contribution is -2.43. The van der Waals surface area contributed by atoms with Crippen molar-refractivity contribution in [2.75, 3.05) is 5.75 Å². The molecule has 3 N–H and O–H groups in total. The number of hydrogen-bond donors (Lipinski definition) is 2. The summed E-state index contributed by atoms with van der Waals surface area (Å²) < 4.78 is 0. The number of hydrogen-bond acceptors (Lipinski definition) is 3. The molecule has 0 heterocycles. The summed E-state index contributed by atoms with van der Waals surface area (Å²) in [5.74, 6) is 0.930. The van der Waals surface area contributed by atoms with E-state index in [1.54, 1.807) is 0 Å². The van der Waals surface area contributed by atoms with Crippen molar-refractivity contribution in [1.29, 1.82) is 0 Å². The second kappa shape index (κ2) is 5.61. The maximum Gasteiger partial charge on any atom is 0.234 e. The van der Waals surface area contributed by atoms with Crippen LogP contribution in [0, 0.1) is 0 Å². The topological polar surface area (TPSA) is 55.1 Å². The number of nitrogens with two attached hydrogens (primary N) is 1. The first kappa shape index (κ1) is 11.9. The van der Waals surface area contributed by atoms with Gasteiger partial charge in [0.15, 0.2) is 0 Å². The highest BCUT2D eigenvalue weighted by Gasteiger charge is 2.26. The van der Waals surface area contributed by atoms with Crippen LogP contribution in [0.15, 0.2) is 0 Å². The smallest absolute Gasteiger partial charge is 0.234 e. The molecule has 0 bridgehead atoms. The van der Waals surface area contributed by atoms with Gasteiger partial charge < -0.3 is 11.1 Å². The van der Waals surface area contributed by atoms with E-state index in [2.05, 4.69) is 12.2 Å². The lowest BCUT2D eigenvalue weighted by Gasteiger charge is -2.16. The molecule has 0 saturated heterocycles. The van der Waals surface area contributed by atoms with Crippen LogP contribution >= 0.6 is 11.8 Å². The third-order valence-electron chi connectivity index (χ3n) is 2.70. The molecule has 3 unspecified atom stereocenters. The number of nitrogens with one attached hydrogen (secondary N) is 1. The highest BCUT2D eigenvalue weighted by Crippen LogP contribution is 2.29. The van der Waals surface area contributed by atoms with Gasteiger partial charge in [-0.1, -0.05) is 6.92 Å². The molecular formula is C10H20N2OS. The molecule has 1 saturated carbocycles. The molecule has 0 aliphatic heterocycles. The Balaban J connectivity index is 2.25. The fourth-order valence-corrected chi connectivity index (χ4v) is 3.06. The normalized spacial score (nSPS) is 29.0. The molecule has 0 aromatic heterocycles. The van der Waals surface area contributed by atoms with E-state index in [-0.39, 0.29) is 11.9 Å². The van der Waals surface area contributed by atoms with Gasteiger partial charge in [0.2, 0.25) is 5.91 Å². The average molecular weight is 216 g/mol. The maximum atomic E-state index is 10.8. The van der Waals surface area contributed by atoms with E-state index in [1.165, 1.54) is 25.0 Å². The quantitative estimate of drug-likeness (QED) is 0.724. The molecule has 1 aliphatic rings. The first-order valence-corrected chi connectivity index (χ1v) is 6.35. The third-order valence-corrected chi connectivity index (χ3v) is 3.93. The Hall–Kier alpha value is -0.220. The summed E-state index contributed by atoms with van der Waals surface area (Å²) in [6, 6.07) is 0.298. The van der Waals surface area contributed by atoms with Gasteiger partial charge in [0.25, 0.3) is 0 Å². The van der Waals surface area contributed by atoms with Gasteiger partial charge in [-0.15, -0.1) is 0 Å². The Kier molecular flexibility index (Phi) is 4.75. The molecule has 1 rings (SSSR count). The zero-order valence-corrected chi connectivity index (χ0v) is 9.77. The Bertz CT molecular complexity index is 199. The zero-order chi connectivity index (χ0) is 10.6. The van der Waals surface area contributed by atoms with Gasteiger partial charge in [-0.2, -0.15) is 11.8 Å². The summed E-state index contributed by atoms with van der Waals surface area (Å²) in [4.78, 5) is 10.8. The Labute approximate surface area is 90.2 Å². The van der Waals surface area contributed by atoms with E-state index in [9.17, 15) is 4.79 Å². The third kappa shape index (κ3) is 3.50. The van der Waals surface area contributed by atoms with Crippen molar-refractivity contribution in [1.82, 2.24) is 5.32 Å². The van der Waals surface area contributed by atoms with Crippen molar-refractivity contribution in [2.24, 2.45) is 5.73 Å². The van der Waals surface area contributed by atoms with Crippen molar-refractivity contribution in [3.63, 3.8) is 0 Å². The van der Waals surface area contributed by atoms with E-state index in [0.717, 1.165) is 5.25 Å². The molecule has 3 nitrogen and oxygen atoms in total. The summed E-state index contributed by atoms with van der Waals surface area (Å²) in [6.45, 7) is 4.03. The fraction of sp³-hybridized carbons (Fsp3) is 0.900. The minimum atomic E-state index is -0.253. The number of carbonyl (C=O) groups is 1. The Morgan fingerprint density at radius 1 is 1.64 bits per heavy atom. The van der Waals surface area contributed by atoms with E-state index < -0.39 is 0 Å². The Morgan fingerprint density at radius 3 is 2.93 bits per heavy atom. The molecule has 0 radical (unpaired) electrons. The van der Waals surface area contributed by atoms with Crippen molar-refractivity contribution < 1.29 is 4.79 Å². The van der Waals surface area contributed by atoms with Gasteiger partial charge in [0.05, 0.1) is 6.04 Å². The lowest BCUT2D eigenvalue weighted by atomic mass is 10.2. The molecule has 1 amide bonds. The molecule has 14 heavy (non-hydrogen) atoms. The predicted molar refractivity (Wildman–Crippen MR) is 61.4 cm³/mol. The summed E-state index contributed by atoms with van der Waals surface area (Å²) >= 11 is 2.02. The van der Waals surface area contributed by atoms with Crippen LogP contribution in [0.1, 0.15) is 33.1 Å². The van der Waals surface area contributed by atoms with Gasteiger partial charge in [0.1, 0.15) is 0 Å². The number of rotatable bonds is 5. The van der Waals surface area contributed by atoms with E-state index >= 15 is 0 Å². The molecule has 0 aromatic rings. The molecule has 82 valence electrons. The number of primary amides is 1. The maximum absolute atomic E-state index is 10.8. The largest absolute Gasteiger partial charge is 0.368 e. The van der Waals surface area contributed by atoms with Crippen LogP contribution in [-0.4, -0.2) is 29.0 Å². The molecule has 0 aromatic carbocycles. The summed E-state index contributed by atoms with van der Waals surface area (Å²) in [7, 11) is 0. The van der Waals surface area contributed by atoms with E-state index in [4.69, 9.17) is 5.73 Å². The molecule has 4 heteroatoms. The van der Waals surface area contributed by atoms with Crippen LogP contribution in [0.5, 0.6) is 0 Å². The summed E-state index contributed by atoms with van der Waals surface area (Å²) in [5.41, 5.74) is 5.20. The van der Waals surface area contributed by atoms with Crippen LogP contribution in [0.2, 0.25) is 0 Å². The second-order valence-electron chi connectivity index (χ2n) is 3.88. The molecule has 3 atom stereocenters. The van der Waals surface area contributed by atoms with Crippen molar-refractivity contribution in [2.45, 2.75) is 50.4 Å². The van der Waals surface area contributed by atoms with Crippen molar-refractivity contribution in [3.8, 4) is 0 Å². The predicted octanol–water partition coefficient (Wildman–Crippen LogP) is 1.12. The van der Waals surface area contributed by atoms with E-state index in [0.29, 0.717) is 6.04 Å². The first-order valence-electron chi connectivity index (χ1n) is 5.30. The van der Waals surface area contributed by atoms with Crippen LogP contribution in [0.3, 0.4) is 0 Å². The van der Waals surface area contributed by atoms with Crippen LogP contribution < -0.4 is 11.1 Å². The van der Waals surface area contributed by atoms with Crippen LogP contribution in [0.4, 0.5) is 0 Å². The SMILES string of the molecule is CCSC1CCC(NC(C)C(N)=O)C1. The monoisotopic (exact) mass is 216 g/mol. The summed E-state index contributed by atoms with van der Waals surface area (Å²) in [6.07, 6.45) is 3.62. The Morgan fingerprint density at radius 2 is 2.36 bits per heavy atom. The molecule has 1 aliphatic carbocycles. The molecule has 0 spiro atoms.